The van der Waals surface area contributed by atoms with Crippen LogP contribution in [0.2, 0.25) is 0 Å². The van der Waals surface area contributed by atoms with E-state index in [9.17, 15) is 14.9 Å². The number of carbonyl (C=O) groups is 1. The van der Waals surface area contributed by atoms with Gasteiger partial charge in [-0.2, -0.15) is 0 Å². The van der Waals surface area contributed by atoms with Crippen molar-refractivity contribution in [1.82, 2.24) is 0 Å². The zero-order valence-electron chi connectivity index (χ0n) is 9.52. The molecule has 2 aliphatic carbocycles. The molecule has 2 aliphatic rings. The fourth-order valence-electron chi connectivity index (χ4n) is 3.60. The van der Waals surface area contributed by atoms with Crippen molar-refractivity contribution in [2.75, 3.05) is 6.54 Å². The molecule has 16 heavy (non-hydrogen) atoms. The van der Waals surface area contributed by atoms with Gasteiger partial charge in [0.1, 0.15) is 0 Å². The van der Waals surface area contributed by atoms with E-state index in [1.165, 1.54) is 0 Å². The van der Waals surface area contributed by atoms with Crippen LogP contribution in [-0.4, -0.2) is 52.1 Å². The maximum absolute atomic E-state index is 10.8. The number of fused-ring (bicyclic) bond motifs is 1. The molecule has 0 aromatic rings. The van der Waals surface area contributed by atoms with E-state index in [4.69, 9.17) is 5.11 Å². The zero-order valence-corrected chi connectivity index (χ0v) is 11.5. The Balaban J connectivity index is 0.00000128. The molecule has 0 bridgehead atoms. The summed E-state index contributed by atoms with van der Waals surface area (Å²) in [5.41, 5.74) is -0.531. The van der Waals surface area contributed by atoms with Gasteiger partial charge in [-0.15, -0.1) is 0 Å². The van der Waals surface area contributed by atoms with E-state index in [2.05, 4.69) is 0 Å². The van der Waals surface area contributed by atoms with Gasteiger partial charge < -0.3 is 5.11 Å². The molecule has 0 spiro atoms. The van der Waals surface area contributed by atoms with Crippen LogP contribution in [0.5, 0.6) is 0 Å². The fourth-order valence-corrected chi connectivity index (χ4v) is 3.60. The Labute approximate surface area is 116 Å². The topological polar surface area (TPSA) is 80.4 Å². The molecule has 5 nitrogen and oxygen atoms in total. The van der Waals surface area contributed by atoms with Gasteiger partial charge in [-0.3, -0.25) is 14.9 Å². The van der Waals surface area contributed by atoms with Crippen LogP contribution in [0.1, 0.15) is 32.1 Å². The van der Waals surface area contributed by atoms with Crippen LogP contribution in [0.3, 0.4) is 0 Å². The third-order valence-electron chi connectivity index (χ3n) is 4.06. The zero-order chi connectivity index (χ0) is 11.1. The number of hydrogen-bond donors (Lipinski definition) is 1. The normalized spacial score (nSPS) is 35.8. The van der Waals surface area contributed by atoms with Gasteiger partial charge in [0.15, 0.2) is 0 Å². The molecule has 2 saturated carbocycles. The quantitative estimate of drug-likeness (QED) is 0.451. The first-order chi connectivity index (χ1) is 7.03. The second-order valence-corrected chi connectivity index (χ2v) is 4.93. The Bertz CT molecular complexity index is 291. The standard InChI is InChI=1S/C10H15NO4.Na/c12-9(13)5-10(6-11(14)15)4-7-2-1-3-8(7)10;/h7-8H,1-6H2,(H,12,13);. The van der Waals surface area contributed by atoms with Gasteiger partial charge in [-0.1, -0.05) is 12.8 Å². The molecule has 1 radical (unpaired) electrons. The molecular weight excluding hydrogens is 221 g/mol. The Kier molecular flexibility index (Phi) is 4.37. The van der Waals surface area contributed by atoms with Gasteiger partial charge in [0.05, 0.1) is 6.42 Å². The number of nitro groups is 1. The summed E-state index contributed by atoms with van der Waals surface area (Å²) < 4.78 is 0. The van der Waals surface area contributed by atoms with Crippen LogP contribution in [0, 0.1) is 27.4 Å². The molecule has 6 heteroatoms. The smallest absolute Gasteiger partial charge is 0.304 e. The summed E-state index contributed by atoms with van der Waals surface area (Å²) >= 11 is 0. The van der Waals surface area contributed by atoms with Crippen LogP contribution in [-0.2, 0) is 4.79 Å². The molecule has 2 rings (SSSR count). The molecule has 0 aliphatic heterocycles. The van der Waals surface area contributed by atoms with E-state index in [1.807, 2.05) is 0 Å². The Morgan fingerprint density at radius 2 is 2.19 bits per heavy atom. The largest absolute Gasteiger partial charge is 0.481 e. The minimum Gasteiger partial charge on any atom is -0.481 e. The summed E-state index contributed by atoms with van der Waals surface area (Å²) in [6.07, 6.45) is 3.92. The van der Waals surface area contributed by atoms with E-state index < -0.39 is 11.4 Å². The van der Waals surface area contributed by atoms with Gasteiger partial charge in [-0.05, 0) is 24.7 Å². The monoisotopic (exact) mass is 236 g/mol. The molecule has 2 fully saturated rings. The van der Waals surface area contributed by atoms with Crippen LogP contribution < -0.4 is 0 Å². The summed E-state index contributed by atoms with van der Waals surface area (Å²) in [5.74, 6) is -0.0505. The minimum absolute atomic E-state index is 0. The first-order valence-electron chi connectivity index (χ1n) is 5.37. The average Bonchev–Trinajstić information content (AvgIpc) is 2.44. The summed E-state index contributed by atoms with van der Waals surface area (Å²) in [7, 11) is 0. The Morgan fingerprint density at radius 3 is 2.69 bits per heavy atom. The van der Waals surface area contributed by atoms with Crippen molar-refractivity contribution in [3.63, 3.8) is 0 Å². The first kappa shape index (κ1) is 13.9. The molecule has 0 aromatic heterocycles. The van der Waals surface area contributed by atoms with Crippen LogP contribution >= 0.6 is 0 Å². The first-order valence-corrected chi connectivity index (χ1v) is 5.37. The van der Waals surface area contributed by atoms with E-state index in [0.29, 0.717) is 11.8 Å². The number of aliphatic carboxylic acids is 1. The molecule has 0 aromatic carbocycles. The minimum atomic E-state index is -0.901. The Hall–Kier alpha value is -0.130. The number of carboxylic acid groups (broad SMARTS) is 1. The Morgan fingerprint density at radius 1 is 1.50 bits per heavy atom. The van der Waals surface area contributed by atoms with Gasteiger partial charge >= 0.3 is 5.97 Å². The number of carboxylic acids is 1. The van der Waals surface area contributed by atoms with Gasteiger partial charge in [0.25, 0.3) is 0 Å². The predicted octanol–water partition coefficient (Wildman–Crippen LogP) is 1.16. The fraction of sp³-hybridized carbons (Fsp3) is 0.900. The van der Waals surface area contributed by atoms with Crippen molar-refractivity contribution in [2.24, 2.45) is 17.3 Å². The summed E-state index contributed by atoms with van der Waals surface area (Å²) in [6.45, 7) is -0.166. The van der Waals surface area contributed by atoms with E-state index >= 15 is 0 Å². The van der Waals surface area contributed by atoms with Crippen molar-refractivity contribution in [1.29, 1.82) is 0 Å². The molecule has 0 saturated heterocycles. The van der Waals surface area contributed by atoms with Crippen LogP contribution in [0.15, 0.2) is 0 Å². The number of nitrogens with zero attached hydrogens (tertiary/aromatic N) is 1. The van der Waals surface area contributed by atoms with Crippen molar-refractivity contribution in [3.8, 4) is 0 Å². The second-order valence-electron chi connectivity index (χ2n) is 4.93. The second kappa shape index (κ2) is 5.02. The van der Waals surface area contributed by atoms with Crippen LogP contribution in [0.25, 0.3) is 0 Å². The molecule has 1 N–H and O–H groups in total. The molecule has 0 amide bonds. The van der Waals surface area contributed by atoms with Crippen molar-refractivity contribution < 1.29 is 14.8 Å². The van der Waals surface area contributed by atoms with E-state index in [0.717, 1.165) is 25.7 Å². The molecular formula is C10H15NNaO4. The van der Waals surface area contributed by atoms with Crippen molar-refractivity contribution >= 4 is 35.5 Å². The third-order valence-corrected chi connectivity index (χ3v) is 4.06. The van der Waals surface area contributed by atoms with E-state index in [-0.39, 0.29) is 47.4 Å². The molecule has 3 atom stereocenters. The number of rotatable bonds is 4. The van der Waals surface area contributed by atoms with Gasteiger partial charge in [0.2, 0.25) is 6.54 Å². The molecule has 3 unspecified atom stereocenters. The summed E-state index contributed by atoms with van der Waals surface area (Å²) in [4.78, 5) is 21.0. The van der Waals surface area contributed by atoms with Crippen LogP contribution in [0.4, 0.5) is 0 Å². The summed E-state index contributed by atoms with van der Waals surface area (Å²) in [5, 5.41) is 19.4. The van der Waals surface area contributed by atoms with Crippen molar-refractivity contribution in [3.05, 3.63) is 10.1 Å². The van der Waals surface area contributed by atoms with E-state index in [1.54, 1.807) is 0 Å². The molecule has 85 valence electrons. The van der Waals surface area contributed by atoms with Gasteiger partial charge in [0, 0.05) is 39.9 Å². The maximum Gasteiger partial charge on any atom is 0.304 e. The van der Waals surface area contributed by atoms with Crippen molar-refractivity contribution in [2.45, 2.75) is 32.1 Å². The predicted molar refractivity (Wildman–Crippen MR) is 57.7 cm³/mol. The maximum atomic E-state index is 10.8. The number of hydrogen-bond acceptors (Lipinski definition) is 3. The average molecular weight is 236 g/mol. The third kappa shape index (κ3) is 2.41. The SMILES string of the molecule is O=C(O)CC1(C[N+](=O)[O-])CC2CCCC21.[Na]. The van der Waals surface area contributed by atoms with Gasteiger partial charge in [-0.25, -0.2) is 0 Å². The molecule has 0 heterocycles. The summed E-state index contributed by atoms with van der Waals surface area (Å²) in [6, 6.07) is 0.